The molecule has 2 aromatic rings. The third-order valence-electron chi connectivity index (χ3n) is 6.21. The molecule has 6 nitrogen and oxygen atoms in total. The maximum atomic E-state index is 13.2. The van der Waals surface area contributed by atoms with Gasteiger partial charge in [-0.25, -0.2) is 8.42 Å². The highest BCUT2D eigenvalue weighted by molar-refractivity contribution is 7.91. The molecule has 1 spiro atoms. The molecule has 1 saturated heterocycles. The minimum absolute atomic E-state index is 0.00615. The fraction of sp³-hybridized carbons (Fsp3) is 0.647. The van der Waals surface area contributed by atoms with Gasteiger partial charge in [0, 0.05) is 25.0 Å². The predicted molar refractivity (Wildman–Crippen MR) is 100 cm³/mol. The van der Waals surface area contributed by atoms with E-state index < -0.39 is 10.0 Å². The minimum Gasteiger partial charge on any atom is -0.314 e. The fourth-order valence-corrected chi connectivity index (χ4v) is 7.93. The second-order valence-electron chi connectivity index (χ2n) is 7.81. The fourth-order valence-electron chi connectivity index (χ4n) is 4.75. The van der Waals surface area contributed by atoms with Gasteiger partial charge in [-0.3, -0.25) is 0 Å². The normalized spacial score (nSPS) is 26.1. The average molecular weight is 413 g/mol. The summed E-state index contributed by atoms with van der Waals surface area (Å²) in [5, 5.41) is 8.61. The van der Waals surface area contributed by atoms with Crippen molar-refractivity contribution in [3.63, 3.8) is 0 Å². The van der Waals surface area contributed by atoms with E-state index in [9.17, 15) is 8.42 Å². The molecule has 0 bridgehead atoms. The van der Waals surface area contributed by atoms with Crippen LogP contribution in [-0.2, 0) is 10.0 Å². The first-order valence-corrected chi connectivity index (χ1v) is 11.8. The zero-order valence-corrected chi connectivity index (χ0v) is 16.7. The molecule has 2 saturated carbocycles. The summed E-state index contributed by atoms with van der Waals surface area (Å²) in [4.78, 5) is 0. The zero-order valence-electron chi connectivity index (χ0n) is 14.3. The van der Waals surface area contributed by atoms with E-state index in [1.807, 2.05) is 6.33 Å². The topological polar surface area (TPSA) is 68.1 Å². The number of nitrogens with zero attached hydrogens (tertiary/aromatic N) is 4. The van der Waals surface area contributed by atoms with E-state index in [1.165, 1.54) is 12.8 Å². The van der Waals surface area contributed by atoms with Crippen LogP contribution in [0.5, 0.6) is 0 Å². The number of hydrogen-bond acceptors (Lipinski definition) is 5. The summed E-state index contributed by atoms with van der Waals surface area (Å²) in [5.74, 6) is 1.11. The van der Waals surface area contributed by atoms with E-state index in [4.69, 9.17) is 11.6 Å². The van der Waals surface area contributed by atoms with Crippen LogP contribution in [0.3, 0.4) is 0 Å². The van der Waals surface area contributed by atoms with Gasteiger partial charge >= 0.3 is 0 Å². The molecule has 1 unspecified atom stereocenters. The molecule has 2 aliphatic carbocycles. The molecule has 26 heavy (non-hydrogen) atoms. The molecule has 0 amide bonds. The lowest BCUT2D eigenvalue weighted by Crippen LogP contribution is -2.31. The smallest absolute Gasteiger partial charge is 0.252 e. The average Bonchev–Trinajstić information content (AvgIpc) is 3.07. The van der Waals surface area contributed by atoms with Crippen molar-refractivity contribution in [3.8, 4) is 0 Å². The summed E-state index contributed by atoms with van der Waals surface area (Å²) < 4.78 is 31.0. The van der Waals surface area contributed by atoms with Crippen molar-refractivity contribution in [2.75, 3.05) is 13.1 Å². The number of sulfonamides is 1. The van der Waals surface area contributed by atoms with Gasteiger partial charge in [0.1, 0.15) is 16.4 Å². The Bertz CT molecular complexity index is 928. The molecule has 3 aliphatic rings. The van der Waals surface area contributed by atoms with Crippen LogP contribution >= 0.6 is 22.9 Å². The third kappa shape index (κ3) is 2.65. The van der Waals surface area contributed by atoms with E-state index >= 15 is 0 Å². The molecule has 0 N–H and O–H groups in total. The van der Waals surface area contributed by atoms with Crippen molar-refractivity contribution >= 4 is 33.0 Å². The molecule has 2 aromatic heterocycles. The Labute approximate surface area is 162 Å². The van der Waals surface area contributed by atoms with E-state index in [-0.39, 0.29) is 11.3 Å². The quantitative estimate of drug-likeness (QED) is 0.768. The molecule has 3 fully saturated rings. The van der Waals surface area contributed by atoms with Gasteiger partial charge in [-0.15, -0.1) is 21.5 Å². The highest BCUT2D eigenvalue weighted by atomic mass is 35.5. The summed E-state index contributed by atoms with van der Waals surface area (Å²) in [6.45, 7) is 1.07. The van der Waals surface area contributed by atoms with Gasteiger partial charge in [0.2, 0.25) is 0 Å². The lowest BCUT2D eigenvalue weighted by atomic mass is 9.76. The first-order valence-electron chi connectivity index (χ1n) is 9.14. The zero-order chi connectivity index (χ0) is 17.9. The maximum absolute atomic E-state index is 13.2. The van der Waals surface area contributed by atoms with E-state index in [2.05, 4.69) is 14.8 Å². The van der Waals surface area contributed by atoms with Crippen molar-refractivity contribution in [1.82, 2.24) is 19.1 Å². The molecular weight excluding hydrogens is 392 g/mol. The van der Waals surface area contributed by atoms with Gasteiger partial charge in [-0.05, 0) is 43.2 Å². The molecule has 140 valence electrons. The van der Waals surface area contributed by atoms with Crippen molar-refractivity contribution in [2.24, 2.45) is 5.41 Å². The summed E-state index contributed by atoms with van der Waals surface area (Å²) in [7, 11) is -3.51. The predicted octanol–water partition coefficient (Wildman–Crippen LogP) is 3.68. The Balaban J connectivity index is 1.52. The molecule has 9 heteroatoms. The molecule has 0 radical (unpaired) electrons. The van der Waals surface area contributed by atoms with Gasteiger partial charge in [-0.2, -0.15) is 4.31 Å². The largest absolute Gasteiger partial charge is 0.314 e. The summed E-state index contributed by atoms with van der Waals surface area (Å²) in [6.07, 6.45) is 8.60. The first kappa shape index (κ1) is 17.2. The Morgan fingerprint density at radius 3 is 2.65 bits per heavy atom. The van der Waals surface area contributed by atoms with Crippen LogP contribution in [-0.4, -0.2) is 40.6 Å². The Morgan fingerprint density at radius 1 is 1.23 bits per heavy atom. The van der Waals surface area contributed by atoms with Crippen LogP contribution in [0.15, 0.2) is 22.7 Å². The molecule has 3 heterocycles. The first-order chi connectivity index (χ1) is 12.5. The number of thiophene rings is 1. The highest BCUT2D eigenvalue weighted by Crippen LogP contribution is 2.55. The third-order valence-corrected chi connectivity index (χ3v) is 9.72. The van der Waals surface area contributed by atoms with E-state index in [1.54, 1.807) is 16.4 Å². The summed E-state index contributed by atoms with van der Waals surface area (Å²) in [5.41, 5.74) is -0.00615. The number of aromatic nitrogens is 3. The molecular formula is C17H21ClN4O2S2. The van der Waals surface area contributed by atoms with E-state index in [0.717, 1.165) is 42.8 Å². The van der Waals surface area contributed by atoms with Crippen molar-refractivity contribution in [3.05, 3.63) is 28.6 Å². The number of halogens is 1. The molecule has 0 aromatic carbocycles. The standard InChI is InChI=1S/C17H21ClN4O2S2/c18-14-5-6-15(25-14)26(23,24)21-9-13(17(10-21)7-1-2-8-17)16-20-19-11-22(16)12-3-4-12/h5-6,11-13H,1-4,7-10H2. The van der Waals surface area contributed by atoms with Gasteiger partial charge in [0.05, 0.1) is 4.34 Å². The molecule has 5 rings (SSSR count). The van der Waals surface area contributed by atoms with Crippen molar-refractivity contribution in [1.29, 1.82) is 0 Å². The van der Waals surface area contributed by atoms with Crippen molar-refractivity contribution in [2.45, 2.75) is 54.7 Å². The van der Waals surface area contributed by atoms with Crippen LogP contribution in [0, 0.1) is 5.41 Å². The van der Waals surface area contributed by atoms with Crippen LogP contribution in [0.25, 0.3) is 0 Å². The maximum Gasteiger partial charge on any atom is 0.252 e. The van der Waals surface area contributed by atoms with Gasteiger partial charge in [-0.1, -0.05) is 24.4 Å². The Hall–Kier alpha value is -0.960. The monoisotopic (exact) mass is 412 g/mol. The molecule has 1 atom stereocenters. The lowest BCUT2D eigenvalue weighted by Gasteiger charge is -2.29. The number of hydrogen-bond donors (Lipinski definition) is 0. The van der Waals surface area contributed by atoms with Crippen LogP contribution in [0.1, 0.15) is 56.3 Å². The van der Waals surface area contributed by atoms with E-state index in [0.29, 0.717) is 27.7 Å². The number of rotatable bonds is 4. The lowest BCUT2D eigenvalue weighted by molar-refractivity contribution is 0.272. The Morgan fingerprint density at radius 2 is 2.00 bits per heavy atom. The van der Waals surface area contributed by atoms with Gasteiger partial charge < -0.3 is 4.57 Å². The van der Waals surface area contributed by atoms with Gasteiger partial charge in [0.15, 0.2) is 0 Å². The second kappa shape index (κ2) is 6.02. The van der Waals surface area contributed by atoms with Crippen LogP contribution < -0.4 is 0 Å². The summed E-state index contributed by atoms with van der Waals surface area (Å²) >= 11 is 7.11. The second-order valence-corrected chi connectivity index (χ2v) is 11.7. The minimum atomic E-state index is -3.51. The highest BCUT2D eigenvalue weighted by Gasteiger charge is 2.54. The molecule has 1 aliphatic heterocycles. The van der Waals surface area contributed by atoms with Crippen molar-refractivity contribution < 1.29 is 8.42 Å². The Kier molecular flexibility index (Phi) is 3.97. The SMILES string of the molecule is O=S(=O)(c1ccc(Cl)s1)N1CC(c2nncn2C2CC2)C2(CCCC2)C1. The summed E-state index contributed by atoms with van der Waals surface area (Å²) in [6, 6.07) is 3.77. The van der Waals surface area contributed by atoms with Crippen LogP contribution in [0.4, 0.5) is 0 Å². The van der Waals surface area contributed by atoms with Gasteiger partial charge in [0.25, 0.3) is 10.0 Å². The van der Waals surface area contributed by atoms with Crippen LogP contribution in [0.2, 0.25) is 4.34 Å².